The zero-order valence-corrected chi connectivity index (χ0v) is 25.4. The van der Waals surface area contributed by atoms with Gasteiger partial charge in [-0.1, -0.05) is 0 Å². The summed E-state index contributed by atoms with van der Waals surface area (Å²) in [5, 5.41) is 7.57. The van der Waals surface area contributed by atoms with E-state index in [1.807, 2.05) is 0 Å². The first-order chi connectivity index (χ1) is 21.6. The van der Waals surface area contributed by atoms with E-state index in [1.54, 1.807) is 6.92 Å². The number of rotatable bonds is 17. The van der Waals surface area contributed by atoms with Gasteiger partial charge in [-0.3, -0.25) is 0 Å². The summed E-state index contributed by atoms with van der Waals surface area (Å²) < 4.78 is 354. The van der Waals surface area contributed by atoms with E-state index in [-0.39, 0.29) is 6.61 Å². The molecule has 0 aromatic carbocycles. The molecule has 0 unspecified atom stereocenters. The maximum atomic E-state index is 14.8. The van der Waals surface area contributed by atoms with Crippen molar-refractivity contribution in [1.82, 2.24) is 0 Å². The van der Waals surface area contributed by atoms with Gasteiger partial charge in [-0.15, -0.1) is 0 Å². The number of alkyl halides is 25. The highest BCUT2D eigenvalue weighted by atomic mass is 28.4. The van der Waals surface area contributed by atoms with Crippen molar-refractivity contribution < 1.29 is 128 Å². The molecule has 0 aromatic rings. The molecular formula is C20H21F25O4Si. The highest BCUT2D eigenvalue weighted by Gasteiger charge is 3.00. The van der Waals surface area contributed by atoms with Gasteiger partial charge in [0.2, 0.25) is 0 Å². The van der Waals surface area contributed by atoms with Crippen molar-refractivity contribution in [1.29, 1.82) is 0 Å². The summed E-state index contributed by atoms with van der Waals surface area (Å²) in [4.78, 5) is 0. The van der Waals surface area contributed by atoms with Crippen LogP contribution in [0.4, 0.5) is 110 Å². The lowest BCUT2D eigenvalue weighted by atomic mass is 9.85. The number of halogens is 25. The Morgan fingerprint density at radius 2 is 0.500 bits per heavy atom. The van der Waals surface area contributed by atoms with Crippen LogP contribution in [0.2, 0.25) is 0 Å². The third-order valence-corrected chi connectivity index (χ3v) is 8.78. The summed E-state index contributed by atoms with van der Waals surface area (Å²) in [6, 6.07) is 0. The van der Waals surface area contributed by atoms with Crippen LogP contribution in [0, 0.1) is 0 Å². The van der Waals surface area contributed by atoms with Crippen LogP contribution < -0.4 is 0 Å². The number of aliphatic hydroxyl groups excluding tert-OH is 1. The summed E-state index contributed by atoms with van der Waals surface area (Å²) in [5.41, 5.74) is -7.24. The molecule has 0 fully saturated rings. The molecule has 0 radical (unpaired) electrons. The van der Waals surface area contributed by atoms with Gasteiger partial charge in [-0.2, -0.15) is 110 Å². The van der Waals surface area contributed by atoms with Gasteiger partial charge in [0.05, 0.1) is 0 Å². The minimum Gasteiger partial charge on any atom is -0.397 e. The van der Waals surface area contributed by atoms with Crippen molar-refractivity contribution in [3.8, 4) is 0 Å². The molecule has 304 valence electrons. The highest BCUT2D eigenvalue weighted by Crippen LogP contribution is 2.68. The van der Waals surface area contributed by atoms with Gasteiger partial charge in [-0.25, -0.2) is 0 Å². The van der Waals surface area contributed by atoms with E-state index in [9.17, 15) is 110 Å². The van der Waals surface area contributed by atoms with Crippen molar-refractivity contribution in [2.75, 3.05) is 26.4 Å². The fraction of sp³-hybridized carbons (Fsp3) is 1.00. The molecule has 0 spiro atoms. The molecule has 0 bridgehead atoms. The van der Waals surface area contributed by atoms with Gasteiger partial charge >= 0.3 is 79.8 Å². The lowest BCUT2D eigenvalue weighted by Gasteiger charge is -2.46. The van der Waals surface area contributed by atoms with E-state index in [1.165, 1.54) is 0 Å². The molecule has 50 heavy (non-hydrogen) atoms. The van der Waals surface area contributed by atoms with Gasteiger partial charge < -0.3 is 18.4 Å². The Balaban J connectivity index is 0. The van der Waals surface area contributed by atoms with Crippen LogP contribution in [0.15, 0.2) is 0 Å². The predicted molar refractivity (Wildman–Crippen MR) is 114 cm³/mol. The molecule has 0 aliphatic carbocycles. The molecule has 0 saturated carbocycles. The second kappa shape index (κ2) is 14.6. The molecule has 4 nitrogen and oxygen atoms in total. The predicted octanol–water partition coefficient (Wildman–Crippen LogP) is 9.12. The molecule has 0 rings (SSSR count). The quantitative estimate of drug-likeness (QED) is 0.118. The standard InChI is InChI=1S/C18H15F25O3Si.C2H6O/c1-4-44-47(45-5-2,46-6-3)18(42,43)16(37,38)14(33,34)12(29,30)10(25,26)8(21,22)7(19,20)9(23,24)11(27,28)13(31,32)15(35,36)17(39,40)41;1-2-3/h4-6H2,1-3H3;3H,2H2,1H3. The van der Waals surface area contributed by atoms with Crippen LogP contribution in [0.25, 0.3) is 0 Å². The second-order valence-electron chi connectivity index (χ2n) is 8.99. The van der Waals surface area contributed by atoms with Crippen LogP contribution in [-0.2, 0) is 13.3 Å². The summed E-state index contributed by atoms with van der Waals surface area (Å²) in [6.45, 7) is -0.518. The Hall–Kier alpha value is -1.69. The van der Waals surface area contributed by atoms with Crippen LogP contribution in [0.3, 0.4) is 0 Å². The molecule has 0 saturated heterocycles. The molecule has 0 heterocycles. The molecule has 0 aliphatic heterocycles. The van der Waals surface area contributed by atoms with Crippen molar-refractivity contribution in [3.63, 3.8) is 0 Å². The SMILES string of the molecule is CCO.CCO[Si](OCC)(OCC)C(F)(F)C(F)(F)C(F)(F)C(F)(F)C(F)(F)C(F)(F)C(F)(F)C(F)(F)C(F)(F)C(F)(F)C(F)(F)C(F)(F)F. The zero-order valence-electron chi connectivity index (χ0n) is 24.4. The Morgan fingerprint density at radius 1 is 0.340 bits per heavy atom. The van der Waals surface area contributed by atoms with Crippen LogP contribution >= 0.6 is 0 Å². The third-order valence-electron chi connectivity index (χ3n) is 5.69. The van der Waals surface area contributed by atoms with Crippen LogP contribution in [0.1, 0.15) is 27.7 Å². The van der Waals surface area contributed by atoms with Gasteiger partial charge in [0.25, 0.3) is 0 Å². The summed E-state index contributed by atoms with van der Waals surface area (Å²) in [7, 11) is -7.04. The average molecular weight is 828 g/mol. The first kappa shape index (κ1) is 50.4. The minimum atomic E-state index is -9.64. The van der Waals surface area contributed by atoms with Gasteiger partial charge in [-0.05, 0) is 27.7 Å². The first-order valence-corrected chi connectivity index (χ1v) is 14.1. The van der Waals surface area contributed by atoms with E-state index < -0.39 is 99.6 Å². The van der Waals surface area contributed by atoms with E-state index in [4.69, 9.17) is 5.11 Å². The Bertz CT molecular complexity index is 1040. The lowest BCUT2D eigenvalue weighted by Crippen LogP contribution is -2.80. The first-order valence-electron chi connectivity index (χ1n) is 12.3. The molecule has 0 amide bonds. The van der Waals surface area contributed by atoms with E-state index in [2.05, 4.69) is 13.3 Å². The smallest absolute Gasteiger partial charge is 0.397 e. The number of hydrogen-bond donors (Lipinski definition) is 1. The summed E-state index contributed by atoms with van der Waals surface area (Å²) in [6.07, 6.45) is -8.19. The molecular weight excluding hydrogens is 807 g/mol. The Kier molecular flexibility index (Phi) is 14.7. The fourth-order valence-electron chi connectivity index (χ4n) is 3.11. The monoisotopic (exact) mass is 828 g/mol. The van der Waals surface area contributed by atoms with Gasteiger partial charge in [0, 0.05) is 26.4 Å². The van der Waals surface area contributed by atoms with Crippen LogP contribution in [0.5, 0.6) is 0 Å². The maximum Gasteiger partial charge on any atom is 0.582 e. The average Bonchev–Trinajstić information content (AvgIpc) is 2.91. The van der Waals surface area contributed by atoms with Gasteiger partial charge in [0.1, 0.15) is 0 Å². The Labute approximate surface area is 263 Å². The summed E-state index contributed by atoms with van der Waals surface area (Å²) in [5.74, 6) is -92.3. The molecule has 1 N–H and O–H groups in total. The van der Waals surface area contributed by atoms with Crippen molar-refractivity contribution in [3.05, 3.63) is 0 Å². The maximum absolute atomic E-state index is 14.8. The van der Waals surface area contributed by atoms with Crippen molar-refractivity contribution in [2.24, 2.45) is 0 Å². The van der Waals surface area contributed by atoms with E-state index in [0.717, 1.165) is 0 Å². The largest absolute Gasteiger partial charge is 0.582 e. The van der Waals surface area contributed by atoms with Gasteiger partial charge in [0.15, 0.2) is 0 Å². The third kappa shape index (κ3) is 6.79. The van der Waals surface area contributed by atoms with E-state index in [0.29, 0.717) is 20.8 Å². The topological polar surface area (TPSA) is 47.9 Å². The zero-order chi connectivity index (χ0) is 41.4. The number of hydrogen-bond acceptors (Lipinski definition) is 4. The van der Waals surface area contributed by atoms with Crippen molar-refractivity contribution in [2.45, 2.75) is 98.6 Å². The number of aliphatic hydroxyl groups is 1. The molecule has 0 aromatic heterocycles. The fourth-order valence-corrected chi connectivity index (χ4v) is 5.59. The van der Waals surface area contributed by atoms with Crippen molar-refractivity contribution >= 4 is 8.80 Å². The molecule has 30 heteroatoms. The molecule has 0 aliphatic rings. The highest BCUT2D eigenvalue weighted by molar-refractivity contribution is 6.63. The second-order valence-corrected chi connectivity index (χ2v) is 11.6. The molecule has 0 atom stereocenters. The van der Waals surface area contributed by atoms with E-state index >= 15 is 0 Å². The normalized spacial score (nSPS) is 16.0. The van der Waals surface area contributed by atoms with Crippen LogP contribution in [-0.4, -0.2) is 111 Å². The minimum absolute atomic E-state index is 0.250. The summed E-state index contributed by atoms with van der Waals surface area (Å²) >= 11 is 0. The Morgan fingerprint density at radius 3 is 0.660 bits per heavy atom. The lowest BCUT2D eigenvalue weighted by molar-refractivity contribution is -0.481.